The van der Waals surface area contributed by atoms with Crippen molar-refractivity contribution in [3.8, 4) is 0 Å². The van der Waals surface area contributed by atoms with Crippen LogP contribution in [0.15, 0.2) is 4.99 Å². The third kappa shape index (κ3) is 12.6. The van der Waals surface area contributed by atoms with Crippen molar-refractivity contribution >= 4 is 16.0 Å². The average Bonchev–Trinajstić information content (AvgIpc) is 2.29. The van der Waals surface area contributed by atoms with Gasteiger partial charge in [-0.15, -0.1) is 0 Å². The number of nitrogens with zero attached hydrogens (tertiary/aromatic N) is 1. The van der Waals surface area contributed by atoms with E-state index in [9.17, 15) is 8.42 Å². The van der Waals surface area contributed by atoms with Gasteiger partial charge < -0.3 is 10.6 Å². The molecule has 0 aliphatic carbocycles. The summed E-state index contributed by atoms with van der Waals surface area (Å²) in [6.45, 7) is 9.45. The Labute approximate surface area is 130 Å². The van der Waals surface area contributed by atoms with Crippen LogP contribution in [0.25, 0.3) is 0 Å². The Hall–Kier alpha value is -0.820. The summed E-state index contributed by atoms with van der Waals surface area (Å²) in [7, 11) is -1.51. The molecule has 0 radical (unpaired) electrons. The highest BCUT2D eigenvalue weighted by Gasteiger charge is 2.22. The molecular weight excluding hydrogens is 288 g/mol. The SMILES string of the molecule is CN=C(NCCCCC(C)C)NCC(C)(C)NS(C)(=O)=O. The molecule has 21 heavy (non-hydrogen) atoms. The third-order valence-electron chi connectivity index (χ3n) is 2.88. The first kappa shape index (κ1) is 20.2. The van der Waals surface area contributed by atoms with Crippen molar-refractivity contribution in [3.05, 3.63) is 0 Å². The zero-order valence-corrected chi connectivity index (χ0v) is 15.1. The predicted octanol–water partition coefficient (Wildman–Crippen LogP) is 1.31. The maximum atomic E-state index is 11.3. The van der Waals surface area contributed by atoms with Crippen molar-refractivity contribution in [2.75, 3.05) is 26.4 Å². The highest BCUT2D eigenvalue weighted by Crippen LogP contribution is 2.05. The van der Waals surface area contributed by atoms with Gasteiger partial charge in [0.15, 0.2) is 5.96 Å². The summed E-state index contributed by atoms with van der Waals surface area (Å²) in [4.78, 5) is 4.14. The Morgan fingerprint density at radius 1 is 1.19 bits per heavy atom. The fourth-order valence-electron chi connectivity index (χ4n) is 1.95. The van der Waals surface area contributed by atoms with Gasteiger partial charge in [0.2, 0.25) is 10.0 Å². The van der Waals surface area contributed by atoms with Crippen molar-refractivity contribution in [1.82, 2.24) is 15.4 Å². The molecule has 0 aromatic carbocycles. The van der Waals surface area contributed by atoms with Crippen LogP contribution in [-0.2, 0) is 10.0 Å². The van der Waals surface area contributed by atoms with Gasteiger partial charge in [-0.2, -0.15) is 0 Å². The van der Waals surface area contributed by atoms with Gasteiger partial charge in [0.1, 0.15) is 0 Å². The number of guanidine groups is 1. The van der Waals surface area contributed by atoms with Crippen LogP contribution in [0.2, 0.25) is 0 Å². The summed E-state index contributed by atoms with van der Waals surface area (Å²) in [5.74, 6) is 1.44. The van der Waals surface area contributed by atoms with Gasteiger partial charge in [0.05, 0.1) is 6.26 Å². The van der Waals surface area contributed by atoms with E-state index in [1.54, 1.807) is 7.05 Å². The van der Waals surface area contributed by atoms with Crippen molar-refractivity contribution < 1.29 is 8.42 Å². The molecule has 3 N–H and O–H groups in total. The van der Waals surface area contributed by atoms with Gasteiger partial charge in [-0.05, 0) is 26.2 Å². The van der Waals surface area contributed by atoms with Crippen molar-refractivity contribution in [1.29, 1.82) is 0 Å². The molecule has 0 rings (SSSR count). The largest absolute Gasteiger partial charge is 0.356 e. The maximum Gasteiger partial charge on any atom is 0.209 e. The van der Waals surface area contributed by atoms with Gasteiger partial charge in [-0.3, -0.25) is 4.99 Å². The summed E-state index contributed by atoms with van der Waals surface area (Å²) < 4.78 is 25.1. The number of rotatable bonds is 9. The first-order valence-electron chi connectivity index (χ1n) is 7.49. The molecule has 0 heterocycles. The number of sulfonamides is 1. The molecule has 0 amide bonds. The lowest BCUT2D eigenvalue weighted by molar-refractivity contribution is 0.446. The fraction of sp³-hybridized carbons (Fsp3) is 0.929. The van der Waals surface area contributed by atoms with Crippen LogP contribution in [0, 0.1) is 5.92 Å². The molecule has 6 nitrogen and oxygen atoms in total. The molecule has 0 spiro atoms. The van der Waals surface area contributed by atoms with Crippen molar-refractivity contribution in [2.24, 2.45) is 10.9 Å². The number of hydrogen-bond acceptors (Lipinski definition) is 3. The van der Waals surface area contributed by atoms with Gasteiger partial charge in [-0.25, -0.2) is 13.1 Å². The first-order valence-corrected chi connectivity index (χ1v) is 9.38. The summed E-state index contributed by atoms with van der Waals surface area (Å²) >= 11 is 0. The molecule has 0 aliphatic rings. The minimum atomic E-state index is -3.22. The molecule has 0 bridgehead atoms. The van der Waals surface area contributed by atoms with Crippen LogP contribution >= 0.6 is 0 Å². The van der Waals surface area contributed by atoms with E-state index < -0.39 is 15.6 Å². The zero-order valence-electron chi connectivity index (χ0n) is 14.3. The Kier molecular flexibility index (Phi) is 8.89. The molecule has 0 aromatic heterocycles. The number of nitrogens with one attached hydrogen (secondary N) is 3. The lowest BCUT2D eigenvalue weighted by atomic mass is 10.1. The van der Waals surface area contributed by atoms with Crippen LogP contribution in [0.3, 0.4) is 0 Å². The molecule has 0 unspecified atom stereocenters. The number of aliphatic imine (C=N–C) groups is 1. The van der Waals surface area contributed by atoms with E-state index in [0.717, 1.165) is 25.1 Å². The van der Waals surface area contributed by atoms with Crippen LogP contribution in [0.1, 0.15) is 47.0 Å². The topological polar surface area (TPSA) is 82.6 Å². The molecule has 7 heteroatoms. The lowest BCUT2D eigenvalue weighted by Crippen LogP contribution is -2.53. The van der Waals surface area contributed by atoms with Crippen LogP contribution < -0.4 is 15.4 Å². The summed E-state index contributed by atoms with van der Waals surface area (Å²) in [5, 5.41) is 6.38. The molecule has 0 atom stereocenters. The predicted molar refractivity (Wildman–Crippen MR) is 90.1 cm³/mol. The van der Waals surface area contributed by atoms with E-state index in [-0.39, 0.29) is 0 Å². The summed E-state index contributed by atoms with van der Waals surface area (Å²) in [6, 6.07) is 0. The van der Waals surface area contributed by atoms with Crippen LogP contribution in [0.5, 0.6) is 0 Å². The van der Waals surface area contributed by atoms with E-state index in [1.807, 2.05) is 13.8 Å². The standard InChI is InChI=1S/C14H32N4O2S/c1-12(2)9-7-8-10-16-13(15-5)17-11-14(3,4)18-21(6,19)20/h12,18H,7-11H2,1-6H3,(H2,15,16,17). The summed E-state index contributed by atoms with van der Waals surface area (Å²) in [5.41, 5.74) is -0.567. The fourth-order valence-corrected chi connectivity index (χ4v) is 3.02. The monoisotopic (exact) mass is 320 g/mol. The third-order valence-corrected chi connectivity index (χ3v) is 3.81. The highest BCUT2D eigenvalue weighted by atomic mass is 32.2. The van der Waals surface area contributed by atoms with E-state index in [4.69, 9.17) is 0 Å². The van der Waals surface area contributed by atoms with Crippen molar-refractivity contribution in [3.63, 3.8) is 0 Å². The quantitative estimate of drug-likeness (QED) is 0.340. The zero-order chi connectivity index (χ0) is 16.5. The van der Waals surface area contributed by atoms with Gasteiger partial charge in [0, 0.05) is 25.7 Å². The second-order valence-corrected chi connectivity index (χ2v) is 8.25. The van der Waals surface area contributed by atoms with Gasteiger partial charge in [-0.1, -0.05) is 26.7 Å². The van der Waals surface area contributed by atoms with E-state index in [1.165, 1.54) is 12.8 Å². The minimum absolute atomic E-state index is 0.464. The van der Waals surface area contributed by atoms with E-state index >= 15 is 0 Å². The molecule has 0 saturated carbocycles. The van der Waals surface area contributed by atoms with Crippen LogP contribution in [0.4, 0.5) is 0 Å². The number of hydrogen-bond donors (Lipinski definition) is 3. The Morgan fingerprint density at radius 2 is 1.81 bits per heavy atom. The molecule has 126 valence electrons. The van der Waals surface area contributed by atoms with Crippen LogP contribution in [-0.4, -0.2) is 46.3 Å². The van der Waals surface area contributed by atoms with Gasteiger partial charge >= 0.3 is 0 Å². The number of unbranched alkanes of at least 4 members (excludes halogenated alkanes) is 1. The Balaban J connectivity index is 4.05. The van der Waals surface area contributed by atoms with E-state index in [2.05, 4.69) is 34.2 Å². The minimum Gasteiger partial charge on any atom is -0.356 e. The Bertz CT molecular complexity index is 417. The second-order valence-electron chi connectivity index (χ2n) is 6.50. The molecule has 0 fully saturated rings. The first-order chi connectivity index (χ1) is 9.56. The average molecular weight is 321 g/mol. The maximum absolute atomic E-state index is 11.3. The Morgan fingerprint density at radius 3 is 2.29 bits per heavy atom. The normalized spacial score (nSPS) is 13.6. The lowest BCUT2D eigenvalue weighted by Gasteiger charge is -2.26. The molecular formula is C14H32N4O2S. The molecule has 0 saturated heterocycles. The van der Waals surface area contributed by atoms with E-state index in [0.29, 0.717) is 12.5 Å². The summed E-state index contributed by atoms with van der Waals surface area (Å²) in [6.07, 6.45) is 4.70. The second kappa shape index (κ2) is 9.25. The molecule has 0 aromatic rings. The smallest absolute Gasteiger partial charge is 0.209 e. The highest BCUT2D eigenvalue weighted by molar-refractivity contribution is 7.88. The van der Waals surface area contributed by atoms with Crippen molar-refractivity contribution in [2.45, 2.75) is 52.5 Å². The van der Waals surface area contributed by atoms with Gasteiger partial charge in [0.25, 0.3) is 0 Å². The molecule has 0 aliphatic heterocycles.